The fraction of sp³-hybridized carbons (Fsp3) is 0.474. The fourth-order valence-corrected chi connectivity index (χ4v) is 4.95. The summed E-state index contributed by atoms with van der Waals surface area (Å²) in [5.41, 5.74) is 1.84. The summed E-state index contributed by atoms with van der Waals surface area (Å²) in [7, 11) is -3.67. The lowest BCUT2D eigenvalue weighted by Crippen LogP contribution is -2.22. The lowest BCUT2D eigenvalue weighted by Gasteiger charge is -2.15. The van der Waals surface area contributed by atoms with Crippen molar-refractivity contribution in [3.05, 3.63) is 42.5 Å². The first-order valence-corrected chi connectivity index (χ1v) is 10.1. The van der Waals surface area contributed by atoms with Gasteiger partial charge in [0.15, 0.2) is 0 Å². The van der Waals surface area contributed by atoms with Crippen molar-refractivity contribution < 1.29 is 13.2 Å². The monoisotopic (exact) mass is 360 g/mol. The molecular formula is C19H24N2O3S. The number of ketones is 1. The highest BCUT2D eigenvalue weighted by molar-refractivity contribution is 7.89. The van der Waals surface area contributed by atoms with Crippen LogP contribution in [0.4, 0.5) is 0 Å². The minimum absolute atomic E-state index is 0.00588. The molecule has 6 heteroatoms. The number of carbonyl (C=O) groups is 1. The zero-order valence-electron chi connectivity index (χ0n) is 14.6. The molecule has 1 N–H and O–H groups in total. The molecule has 0 amide bonds. The molecule has 25 heavy (non-hydrogen) atoms. The van der Waals surface area contributed by atoms with Gasteiger partial charge in [-0.05, 0) is 49.7 Å². The molecule has 4 atom stereocenters. The molecular weight excluding hydrogens is 336 g/mol. The molecule has 2 fully saturated rings. The Bertz CT molecular complexity index is 812. The van der Waals surface area contributed by atoms with Crippen molar-refractivity contribution in [1.82, 2.24) is 4.83 Å². The first-order chi connectivity index (χ1) is 11.8. The van der Waals surface area contributed by atoms with Gasteiger partial charge < -0.3 is 0 Å². The molecule has 0 radical (unpaired) electrons. The topological polar surface area (TPSA) is 75.6 Å². The second-order valence-corrected chi connectivity index (χ2v) is 8.79. The predicted molar refractivity (Wildman–Crippen MR) is 97.6 cm³/mol. The third-order valence-electron chi connectivity index (χ3n) is 5.59. The van der Waals surface area contributed by atoms with Gasteiger partial charge in [-0.1, -0.05) is 30.7 Å². The first kappa shape index (κ1) is 17.9. The van der Waals surface area contributed by atoms with Gasteiger partial charge in [0.1, 0.15) is 5.78 Å². The van der Waals surface area contributed by atoms with Gasteiger partial charge >= 0.3 is 0 Å². The summed E-state index contributed by atoms with van der Waals surface area (Å²) in [4.78, 5) is 14.7. The Morgan fingerprint density at radius 1 is 1.24 bits per heavy atom. The van der Waals surface area contributed by atoms with Crippen molar-refractivity contribution in [2.45, 2.75) is 38.0 Å². The molecule has 2 aliphatic rings. The van der Waals surface area contributed by atoms with Gasteiger partial charge in [0, 0.05) is 18.1 Å². The van der Waals surface area contributed by atoms with E-state index in [1.54, 1.807) is 30.3 Å². The van der Waals surface area contributed by atoms with Gasteiger partial charge in [-0.25, -0.2) is 4.83 Å². The largest absolute Gasteiger partial charge is 0.299 e. The molecule has 1 aromatic rings. The molecule has 3 rings (SSSR count). The molecule has 5 nitrogen and oxygen atoms in total. The Morgan fingerprint density at radius 2 is 1.92 bits per heavy atom. The van der Waals surface area contributed by atoms with Crippen LogP contribution < -0.4 is 4.83 Å². The van der Waals surface area contributed by atoms with Crippen LogP contribution in [0.2, 0.25) is 0 Å². The van der Waals surface area contributed by atoms with Crippen LogP contribution >= 0.6 is 0 Å². The van der Waals surface area contributed by atoms with Crippen LogP contribution in [0.3, 0.4) is 0 Å². The van der Waals surface area contributed by atoms with Gasteiger partial charge in [0.2, 0.25) is 0 Å². The van der Waals surface area contributed by atoms with Crippen molar-refractivity contribution in [2.75, 3.05) is 0 Å². The summed E-state index contributed by atoms with van der Waals surface area (Å²) in [6, 6.07) is 6.67. The van der Waals surface area contributed by atoms with E-state index < -0.39 is 10.0 Å². The van der Waals surface area contributed by atoms with Gasteiger partial charge in [-0.15, -0.1) is 6.58 Å². The van der Waals surface area contributed by atoms with Crippen LogP contribution in [-0.4, -0.2) is 19.9 Å². The number of carbonyl (C=O) groups excluding carboxylic acids is 1. The van der Waals surface area contributed by atoms with Gasteiger partial charge in [0.25, 0.3) is 10.0 Å². The van der Waals surface area contributed by atoms with E-state index in [4.69, 9.17) is 0 Å². The van der Waals surface area contributed by atoms with E-state index >= 15 is 0 Å². The van der Waals surface area contributed by atoms with Crippen LogP contribution in [0.25, 0.3) is 0 Å². The second-order valence-electron chi connectivity index (χ2n) is 7.13. The van der Waals surface area contributed by atoms with E-state index in [-0.39, 0.29) is 28.6 Å². The van der Waals surface area contributed by atoms with Crippen molar-refractivity contribution >= 4 is 21.5 Å². The molecule has 2 aliphatic carbocycles. The summed E-state index contributed by atoms with van der Waals surface area (Å²) >= 11 is 0. The first-order valence-electron chi connectivity index (χ1n) is 8.62. The highest BCUT2D eigenvalue weighted by Crippen LogP contribution is 2.48. The predicted octanol–water partition coefficient (Wildman–Crippen LogP) is 3.07. The lowest BCUT2D eigenvalue weighted by atomic mass is 9.88. The van der Waals surface area contributed by atoms with E-state index in [0.717, 1.165) is 11.3 Å². The maximum absolute atomic E-state index is 12.4. The van der Waals surface area contributed by atoms with E-state index in [1.165, 1.54) is 0 Å². The van der Waals surface area contributed by atoms with E-state index in [2.05, 4.69) is 16.5 Å². The Balaban J connectivity index is 1.76. The fourth-order valence-electron chi connectivity index (χ4n) is 4.11. The molecule has 0 aromatic heterocycles. The molecule has 0 bridgehead atoms. The zero-order chi connectivity index (χ0) is 18.2. The molecule has 0 aliphatic heterocycles. The number of nitrogens with zero attached hydrogens (tertiary/aromatic N) is 1. The Labute approximate surface area is 149 Å². The number of benzene rings is 1. The van der Waals surface area contributed by atoms with Crippen LogP contribution in [-0.2, 0) is 14.8 Å². The molecule has 0 saturated heterocycles. The number of hydrogen-bond acceptors (Lipinski definition) is 4. The highest BCUT2D eigenvalue weighted by Gasteiger charge is 2.50. The van der Waals surface area contributed by atoms with Gasteiger partial charge in [-0.3, -0.25) is 4.79 Å². The smallest absolute Gasteiger partial charge is 0.276 e. The maximum atomic E-state index is 12.4. The number of aryl methyl sites for hydroxylation is 1. The number of sulfonamides is 1. The Kier molecular flexibility index (Phi) is 4.82. The third-order valence-corrected chi connectivity index (χ3v) is 6.82. The Hall–Kier alpha value is -1.95. The van der Waals surface area contributed by atoms with Crippen LogP contribution in [0.15, 0.2) is 46.9 Å². The van der Waals surface area contributed by atoms with Crippen LogP contribution in [0.1, 0.15) is 31.7 Å². The van der Waals surface area contributed by atoms with Crippen LogP contribution in [0.5, 0.6) is 0 Å². The molecule has 1 aromatic carbocycles. The number of nitrogens with one attached hydrogen (secondary N) is 1. The second kappa shape index (κ2) is 6.75. The molecule has 134 valence electrons. The number of fused-ring (bicyclic) bond motifs is 1. The zero-order valence-corrected chi connectivity index (χ0v) is 15.4. The minimum Gasteiger partial charge on any atom is -0.299 e. The van der Waals surface area contributed by atoms with Crippen LogP contribution in [0, 0.1) is 30.6 Å². The summed E-state index contributed by atoms with van der Waals surface area (Å²) in [5.74, 6) is 0.945. The SMILES string of the molecule is C=CC[C@H]1C(=O)C[C@H]2[C@@H]1C/C(=N\NS(=O)(=O)c1ccc(C)cc1)[C@@H]2C. The molecule has 0 heterocycles. The van der Waals surface area contributed by atoms with Crippen molar-refractivity contribution in [2.24, 2.45) is 28.8 Å². The quantitative estimate of drug-likeness (QED) is 0.648. The number of hydrogen-bond donors (Lipinski definition) is 1. The highest BCUT2D eigenvalue weighted by atomic mass is 32.2. The number of rotatable bonds is 5. The van der Waals surface area contributed by atoms with Crippen molar-refractivity contribution in [3.8, 4) is 0 Å². The standard InChI is InChI=1S/C19H24N2O3S/c1-4-5-15-17-10-18(13(3)16(17)11-19(15)22)20-21-25(23,24)14-8-6-12(2)7-9-14/h4,6-9,13,15-17,21H,1,5,10-11H2,2-3H3/b20-18+/t13-,15-,16-,17-/m1/s1. The van der Waals surface area contributed by atoms with E-state index in [1.807, 2.05) is 13.8 Å². The molecule has 0 unspecified atom stereocenters. The summed E-state index contributed by atoms with van der Waals surface area (Å²) in [6.07, 6.45) is 3.72. The Morgan fingerprint density at radius 3 is 2.56 bits per heavy atom. The van der Waals surface area contributed by atoms with E-state index in [9.17, 15) is 13.2 Å². The number of hydrazone groups is 1. The molecule has 2 saturated carbocycles. The van der Waals surface area contributed by atoms with E-state index in [0.29, 0.717) is 25.0 Å². The number of Topliss-reactive ketones (excluding diaryl/α,β-unsaturated/α-hetero) is 1. The summed E-state index contributed by atoms with van der Waals surface area (Å²) in [6.45, 7) is 7.69. The van der Waals surface area contributed by atoms with Crippen molar-refractivity contribution in [3.63, 3.8) is 0 Å². The maximum Gasteiger partial charge on any atom is 0.276 e. The van der Waals surface area contributed by atoms with Gasteiger partial charge in [-0.2, -0.15) is 13.5 Å². The average Bonchev–Trinajstić information content (AvgIpc) is 3.03. The lowest BCUT2D eigenvalue weighted by molar-refractivity contribution is -0.121. The summed E-state index contributed by atoms with van der Waals surface area (Å²) in [5, 5.41) is 4.22. The minimum atomic E-state index is -3.67. The molecule has 0 spiro atoms. The average molecular weight is 360 g/mol. The normalized spacial score (nSPS) is 30.5. The number of allylic oxidation sites excluding steroid dienone is 1. The van der Waals surface area contributed by atoms with Crippen molar-refractivity contribution in [1.29, 1.82) is 0 Å². The third kappa shape index (κ3) is 3.40. The van der Waals surface area contributed by atoms with Gasteiger partial charge in [0.05, 0.1) is 4.90 Å². The summed E-state index contributed by atoms with van der Waals surface area (Å²) < 4.78 is 24.8.